The number of hydrogen-bond acceptors (Lipinski definition) is 5. The highest BCUT2D eigenvalue weighted by Crippen LogP contribution is 2.30. The summed E-state index contributed by atoms with van der Waals surface area (Å²) in [6, 6.07) is 13.6. The highest BCUT2D eigenvalue weighted by molar-refractivity contribution is 7.92. The van der Waals surface area contributed by atoms with E-state index in [9.17, 15) is 13.2 Å². The van der Waals surface area contributed by atoms with E-state index in [1.807, 2.05) is 24.0 Å². The van der Waals surface area contributed by atoms with Crippen LogP contribution >= 0.6 is 0 Å². The predicted octanol–water partition coefficient (Wildman–Crippen LogP) is 3.38. The number of hydrogen-bond donors (Lipinski definition) is 0. The topological polar surface area (TPSA) is 88.4 Å². The largest absolute Gasteiger partial charge is 0.338 e. The van der Waals surface area contributed by atoms with Gasteiger partial charge in [0.2, 0.25) is 0 Å². The molecule has 2 aliphatic rings. The maximum atomic E-state index is 13.4. The zero-order valence-electron chi connectivity index (χ0n) is 19.5. The molecule has 178 valence electrons. The van der Waals surface area contributed by atoms with E-state index >= 15 is 0 Å². The quantitative estimate of drug-likeness (QED) is 0.560. The van der Waals surface area contributed by atoms with Gasteiger partial charge in [0.05, 0.1) is 10.6 Å². The van der Waals surface area contributed by atoms with E-state index in [1.165, 1.54) is 23.5 Å². The molecule has 0 unspecified atom stereocenters. The third-order valence-corrected chi connectivity index (χ3v) is 8.63. The Morgan fingerprint density at radius 1 is 1.06 bits per heavy atom. The van der Waals surface area contributed by atoms with Crippen LogP contribution in [0.15, 0.2) is 53.4 Å². The second kappa shape index (κ2) is 8.87. The van der Waals surface area contributed by atoms with Gasteiger partial charge in [0, 0.05) is 44.6 Å². The maximum Gasteiger partial charge on any atom is 0.264 e. The number of rotatable bonds is 5. The first-order valence-corrected chi connectivity index (χ1v) is 13.2. The SMILES string of the molecule is Cc1ccc(N(C)S(=O)(=O)c2cccc(C(=O)N3CCC[C@H](c4nnc5n4CCC5)C3)c2)cc1. The molecule has 8 nitrogen and oxygen atoms in total. The molecule has 1 fully saturated rings. The van der Waals surface area contributed by atoms with Gasteiger partial charge >= 0.3 is 0 Å². The monoisotopic (exact) mass is 479 g/mol. The fourth-order valence-corrected chi connectivity index (χ4v) is 6.11. The van der Waals surface area contributed by atoms with E-state index in [0.717, 1.165) is 49.4 Å². The number of nitrogens with zero attached hydrogens (tertiary/aromatic N) is 5. The summed E-state index contributed by atoms with van der Waals surface area (Å²) in [6.45, 7) is 4.11. The number of sulfonamides is 1. The van der Waals surface area contributed by atoms with Gasteiger partial charge in [0.25, 0.3) is 15.9 Å². The van der Waals surface area contributed by atoms with Gasteiger partial charge in [-0.05, 0) is 56.5 Å². The van der Waals surface area contributed by atoms with E-state index in [4.69, 9.17) is 0 Å². The van der Waals surface area contributed by atoms with Gasteiger partial charge in [-0.25, -0.2) is 8.42 Å². The smallest absolute Gasteiger partial charge is 0.264 e. The van der Waals surface area contributed by atoms with Crippen molar-refractivity contribution in [2.24, 2.45) is 0 Å². The first-order valence-electron chi connectivity index (χ1n) is 11.7. The van der Waals surface area contributed by atoms with Crippen molar-refractivity contribution in [3.63, 3.8) is 0 Å². The van der Waals surface area contributed by atoms with Crippen LogP contribution in [-0.4, -0.2) is 54.1 Å². The molecule has 0 bridgehead atoms. The highest BCUT2D eigenvalue weighted by Gasteiger charge is 2.31. The number of piperidine rings is 1. The number of benzene rings is 2. The van der Waals surface area contributed by atoms with E-state index < -0.39 is 10.0 Å². The summed E-state index contributed by atoms with van der Waals surface area (Å²) in [5.41, 5.74) is 2.01. The standard InChI is InChI=1S/C25H29N5O3S/c1-18-10-12-21(13-11-18)28(2)34(32,33)22-8-3-6-19(16-22)25(31)29-14-4-7-20(17-29)24-27-26-23-9-5-15-30(23)24/h3,6,8,10-13,16,20H,4-5,7,9,14-15,17H2,1-2H3/t20-/m0/s1. The molecule has 2 aromatic carbocycles. The fraction of sp³-hybridized carbons (Fsp3) is 0.400. The van der Waals surface area contributed by atoms with Crippen molar-refractivity contribution in [1.29, 1.82) is 0 Å². The minimum atomic E-state index is -3.80. The number of fused-ring (bicyclic) bond motifs is 1. The van der Waals surface area contributed by atoms with Crippen LogP contribution in [0.25, 0.3) is 0 Å². The predicted molar refractivity (Wildman–Crippen MR) is 129 cm³/mol. The van der Waals surface area contributed by atoms with Crippen molar-refractivity contribution in [3.8, 4) is 0 Å². The summed E-state index contributed by atoms with van der Waals surface area (Å²) in [7, 11) is -2.28. The van der Waals surface area contributed by atoms with Crippen LogP contribution in [0.3, 0.4) is 0 Å². The minimum absolute atomic E-state index is 0.102. The Morgan fingerprint density at radius 3 is 2.65 bits per heavy atom. The average Bonchev–Trinajstić information content (AvgIpc) is 3.48. The molecule has 34 heavy (non-hydrogen) atoms. The van der Waals surface area contributed by atoms with Gasteiger partial charge in [0.15, 0.2) is 0 Å². The van der Waals surface area contributed by atoms with Crippen molar-refractivity contribution < 1.29 is 13.2 Å². The molecule has 3 aromatic rings. The van der Waals surface area contributed by atoms with E-state index in [-0.39, 0.29) is 16.7 Å². The van der Waals surface area contributed by atoms with Gasteiger partial charge in [-0.3, -0.25) is 9.10 Å². The lowest BCUT2D eigenvalue weighted by molar-refractivity contribution is 0.0703. The van der Waals surface area contributed by atoms with Crippen LogP contribution in [0.4, 0.5) is 5.69 Å². The summed E-state index contributed by atoms with van der Waals surface area (Å²) in [5, 5.41) is 8.74. The molecular weight excluding hydrogens is 450 g/mol. The molecular formula is C25H29N5O3S. The minimum Gasteiger partial charge on any atom is -0.338 e. The lowest BCUT2D eigenvalue weighted by Crippen LogP contribution is -2.40. The van der Waals surface area contributed by atoms with Crippen molar-refractivity contribution in [3.05, 3.63) is 71.3 Å². The Labute approximate surface area is 200 Å². The average molecular weight is 480 g/mol. The van der Waals surface area contributed by atoms with Gasteiger partial charge in [0.1, 0.15) is 11.6 Å². The van der Waals surface area contributed by atoms with Crippen LogP contribution in [-0.2, 0) is 23.0 Å². The van der Waals surface area contributed by atoms with E-state index in [0.29, 0.717) is 24.3 Å². The Balaban J connectivity index is 1.36. The van der Waals surface area contributed by atoms with Gasteiger partial charge < -0.3 is 9.47 Å². The third kappa shape index (κ3) is 4.09. The van der Waals surface area contributed by atoms with E-state index in [1.54, 1.807) is 24.3 Å². The van der Waals surface area contributed by atoms with Gasteiger partial charge in [-0.2, -0.15) is 0 Å². The van der Waals surface area contributed by atoms with Crippen LogP contribution in [0.2, 0.25) is 0 Å². The van der Waals surface area contributed by atoms with E-state index in [2.05, 4.69) is 14.8 Å². The van der Waals surface area contributed by atoms with Crippen LogP contribution in [0.1, 0.15) is 52.8 Å². The Morgan fingerprint density at radius 2 is 1.85 bits per heavy atom. The molecule has 3 heterocycles. The molecule has 2 aliphatic heterocycles. The van der Waals surface area contributed by atoms with Crippen LogP contribution < -0.4 is 4.31 Å². The van der Waals surface area contributed by atoms with Crippen LogP contribution in [0.5, 0.6) is 0 Å². The Bertz CT molecular complexity index is 1320. The summed E-state index contributed by atoms with van der Waals surface area (Å²) in [4.78, 5) is 15.3. The zero-order valence-corrected chi connectivity index (χ0v) is 20.3. The number of amides is 1. The molecule has 1 saturated heterocycles. The second-order valence-electron chi connectivity index (χ2n) is 9.16. The molecule has 1 aromatic heterocycles. The van der Waals surface area contributed by atoms with Crippen molar-refractivity contribution >= 4 is 21.6 Å². The lowest BCUT2D eigenvalue weighted by atomic mass is 9.96. The third-order valence-electron chi connectivity index (χ3n) is 6.85. The number of carbonyl (C=O) groups is 1. The summed E-state index contributed by atoms with van der Waals surface area (Å²) in [5.74, 6) is 2.01. The van der Waals surface area contributed by atoms with Gasteiger partial charge in [-0.15, -0.1) is 10.2 Å². The lowest BCUT2D eigenvalue weighted by Gasteiger charge is -2.32. The molecule has 0 aliphatic carbocycles. The fourth-order valence-electron chi connectivity index (χ4n) is 4.87. The molecule has 0 spiro atoms. The molecule has 5 rings (SSSR count). The second-order valence-corrected chi connectivity index (χ2v) is 11.1. The number of likely N-dealkylation sites (tertiary alicyclic amines) is 1. The van der Waals surface area contributed by atoms with Crippen molar-refractivity contribution in [1.82, 2.24) is 19.7 Å². The molecule has 1 atom stereocenters. The van der Waals surface area contributed by atoms with Gasteiger partial charge in [-0.1, -0.05) is 23.8 Å². The first kappa shape index (κ1) is 22.6. The zero-order chi connectivity index (χ0) is 23.9. The molecule has 9 heteroatoms. The molecule has 0 radical (unpaired) electrons. The summed E-state index contributed by atoms with van der Waals surface area (Å²) >= 11 is 0. The maximum absolute atomic E-state index is 13.4. The van der Waals surface area contributed by atoms with Crippen LogP contribution in [0, 0.1) is 6.92 Å². The van der Waals surface area contributed by atoms with Crippen molar-refractivity contribution in [2.75, 3.05) is 24.4 Å². The Kier molecular flexibility index (Phi) is 5.89. The molecule has 0 N–H and O–H groups in total. The number of anilines is 1. The molecule has 0 saturated carbocycles. The van der Waals surface area contributed by atoms with Crippen molar-refractivity contribution in [2.45, 2.75) is 50.0 Å². The normalized spacial score (nSPS) is 18.1. The number of carbonyl (C=O) groups excluding carboxylic acids is 1. The molecule has 1 amide bonds. The first-order chi connectivity index (χ1) is 16.3. The number of aromatic nitrogens is 3. The summed E-state index contributed by atoms with van der Waals surface area (Å²) < 4.78 is 30.0. The highest BCUT2D eigenvalue weighted by atomic mass is 32.2. The Hall–Kier alpha value is -3.20. The summed E-state index contributed by atoms with van der Waals surface area (Å²) in [6.07, 6.45) is 3.90. The number of aryl methyl sites for hydroxylation is 2.